The smallest absolute Gasteiger partial charge is 0.0187 e. The van der Waals surface area contributed by atoms with Crippen molar-refractivity contribution in [3.8, 4) is 0 Å². The lowest BCUT2D eigenvalue weighted by Crippen LogP contribution is -1.86. The minimum atomic E-state index is 0.990. The lowest BCUT2D eigenvalue weighted by Gasteiger charge is -2.06. The van der Waals surface area contributed by atoms with Gasteiger partial charge in [-0.1, -0.05) is 67.8 Å². The molecule has 0 saturated heterocycles. The maximum atomic E-state index is 4.12. The maximum Gasteiger partial charge on any atom is -0.0187 e. The lowest BCUT2D eigenvalue weighted by atomic mass is 9.99. The van der Waals surface area contributed by atoms with E-state index in [0.717, 1.165) is 22.3 Å². The van der Waals surface area contributed by atoms with Crippen LogP contribution in [0.15, 0.2) is 96.2 Å². The zero-order chi connectivity index (χ0) is 15.5. The summed E-state index contributed by atoms with van der Waals surface area (Å²) in [6.07, 6.45) is 15.8. The molecule has 0 N–H and O–H groups in total. The average molecular weight is 266 g/mol. The Kier molecular flexibility index (Phi) is 8.78. The summed E-state index contributed by atoms with van der Waals surface area (Å²) >= 11 is 0. The van der Waals surface area contributed by atoms with E-state index in [1.807, 2.05) is 25.2 Å². The third-order valence-electron chi connectivity index (χ3n) is 2.78. The van der Waals surface area contributed by atoms with Crippen molar-refractivity contribution in [1.29, 1.82) is 0 Å². The van der Waals surface area contributed by atoms with Gasteiger partial charge in [-0.3, -0.25) is 0 Å². The van der Waals surface area contributed by atoms with Crippen molar-refractivity contribution in [3.63, 3.8) is 0 Å². The quantitative estimate of drug-likeness (QED) is 0.477. The Bertz CT molecular complexity index is 510. The van der Waals surface area contributed by atoms with Crippen molar-refractivity contribution < 1.29 is 0 Å². The molecular formula is C20H26. The van der Waals surface area contributed by atoms with Crippen LogP contribution in [0.4, 0.5) is 0 Å². The van der Waals surface area contributed by atoms with Gasteiger partial charge in [-0.15, -0.1) is 0 Å². The van der Waals surface area contributed by atoms with Crippen LogP contribution >= 0.6 is 0 Å². The highest BCUT2D eigenvalue weighted by molar-refractivity contribution is 5.52. The molecule has 0 bridgehead atoms. The van der Waals surface area contributed by atoms with Crippen LogP contribution in [-0.4, -0.2) is 0 Å². The lowest BCUT2D eigenvalue weighted by molar-refractivity contribution is 1.36. The molecule has 0 nitrogen and oxygen atoms in total. The summed E-state index contributed by atoms with van der Waals surface area (Å²) < 4.78 is 0. The molecule has 0 aromatic carbocycles. The number of hydrogen-bond donors (Lipinski definition) is 0. The first-order valence-electron chi connectivity index (χ1n) is 6.77. The highest BCUT2D eigenvalue weighted by atomic mass is 14.0. The molecule has 0 aromatic heterocycles. The number of hydrogen-bond acceptors (Lipinski definition) is 0. The molecule has 0 atom stereocenters. The van der Waals surface area contributed by atoms with Crippen LogP contribution in [0, 0.1) is 0 Å². The third-order valence-corrected chi connectivity index (χ3v) is 2.78. The standard InChI is InChI=1S/C20H26/c1-8-11-12-19(9-2)20(10-3)15-18(7)17(6)14-13-16(4)5/h8-15H,1,3,7H2,2,4-6H3/b12-11-,17-14+,19-9+,20-15+. The van der Waals surface area contributed by atoms with Crippen molar-refractivity contribution >= 4 is 0 Å². The van der Waals surface area contributed by atoms with Crippen LogP contribution in [0.2, 0.25) is 0 Å². The first-order valence-corrected chi connectivity index (χ1v) is 6.77. The molecule has 0 aliphatic heterocycles. The largest absolute Gasteiger partial charge is 0.0991 e. The van der Waals surface area contributed by atoms with Gasteiger partial charge in [-0.25, -0.2) is 0 Å². The molecule has 0 unspecified atom stereocenters. The van der Waals surface area contributed by atoms with Crippen molar-refractivity contribution in [3.05, 3.63) is 96.2 Å². The van der Waals surface area contributed by atoms with E-state index in [-0.39, 0.29) is 0 Å². The summed E-state index contributed by atoms with van der Waals surface area (Å²) in [7, 11) is 0. The summed E-state index contributed by atoms with van der Waals surface area (Å²) in [6, 6.07) is 0. The van der Waals surface area contributed by atoms with E-state index in [4.69, 9.17) is 0 Å². The summed E-state index contributed by atoms with van der Waals surface area (Å²) in [5.74, 6) is 0. The first kappa shape index (κ1) is 17.9. The highest BCUT2D eigenvalue weighted by Gasteiger charge is 1.99. The fraction of sp³-hybridized carbons (Fsp3) is 0.200. The van der Waals surface area contributed by atoms with E-state index in [0.29, 0.717) is 0 Å². The Morgan fingerprint density at radius 1 is 0.950 bits per heavy atom. The van der Waals surface area contributed by atoms with Crippen LogP contribution < -0.4 is 0 Å². The molecule has 0 spiro atoms. The Labute approximate surface area is 124 Å². The molecule has 0 aromatic rings. The average Bonchev–Trinajstić information content (AvgIpc) is 2.43. The zero-order valence-electron chi connectivity index (χ0n) is 13.2. The fourth-order valence-electron chi connectivity index (χ4n) is 1.49. The molecule has 0 heteroatoms. The van der Waals surface area contributed by atoms with Gasteiger partial charge in [-0.05, 0) is 56.1 Å². The topological polar surface area (TPSA) is 0 Å². The van der Waals surface area contributed by atoms with Gasteiger partial charge in [-0.2, -0.15) is 0 Å². The molecule has 0 fully saturated rings. The van der Waals surface area contributed by atoms with E-state index in [9.17, 15) is 0 Å². The molecular weight excluding hydrogens is 240 g/mol. The van der Waals surface area contributed by atoms with Crippen molar-refractivity contribution in [2.75, 3.05) is 0 Å². The van der Waals surface area contributed by atoms with E-state index in [1.165, 1.54) is 5.57 Å². The molecule has 0 amide bonds. The Balaban J connectivity index is 5.35. The monoisotopic (exact) mass is 266 g/mol. The molecule has 20 heavy (non-hydrogen) atoms. The minimum Gasteiger partial charge on any atom is -0.0991 e. The van der Waals surface area contributed by atoms with Crippen LogP contribution in [0.25, 0.3) is 0 Å². The van der Waals surface area contributed by atoms with Crippen LogP contribution in [0.1, 0.15) is 27.7 Å². The van der Waals surface area contributed by atoms with Gasteiger partial charge in [0.15, 0.2) is 0 Å². The van der Waals surface area contributed by atoms with Gasteiger partial charge in [0.2, 0.25) is 0 Å². The van der Waals surface area contributed by atoms with E-state index in [1.54, 1.807) is 6.08 Å². The Morgan fingerprint density at radius 2 is 1.60 bits per heavy atom. The molecule has 0 heterocycles. The van der Waals surface area contributed by atoms with Gasteiger partial charge in [0.25, 0.3) is 0 Å². The van der Waals surface area contributed by atoms with E-state index >= 15 is 0 Å². The summed E-state index contributed by atoms with van der Waals surface area (Å²) in [5, 5.41) is 0. The number of allylic oxidation sites excluding steroid dienone is 13. The highest BCUT2D eigenvalue weighted by Crippen LogP contribution is 2.18. The zero-order valence-corrected chi connectivity index (χ0v) is 13.2. The van der Waals surface area contributed by atoms with Gasteiger partial charge in [0.05, 0.1) is 0 Å². The van der Waals surface area contributed by atoms with Gasteiger partial charge >= 0.3 is 0 Å². The molecule has 0 aliphatic carbocycles. The van der Waals surface area contributed by atoms with Gasteiger partial charge < -0.3 is 0 Å². The fourth-order valence-corrected chi connectivity index (χ4v) is 1.49. The first-order chi connectivity index (χ1) is 9.46. The van der Waals surface area contributed by atoms with Crippen molar-refractivity contribution in [2.24, 2.45) is 0 Å². The Morgan fingerprint density at radius 3 is 2.05 bits per heavy atom. The molecule has 106 valence electrons. The molecule has 0 saturated carbocycles. The van der Waals surface area contributed by atoms with Crippen molar-refractivity contribution in [1.82, 2.24) is 0 Å². The Hall–Kier alpha value is -2.08. The predicted octanol–water partition coefficient (Wildman–Crippen LogP) is 6.26. The minimum absolute atomic E-state index is 0.990. The molecule has 0 radical (unpaired) electrons. The van der Waals surface area contributed by atoms with E-state index < -0.39 is 0 Å². The van der Waals surface area contributed by atoms with Crippen LogP contribution in [0.3, 0.4) is 0 Å². The normalized spacial score (nSPS) is 13.3. The van der Waals surface area contributed by atoms with Crippen LogP contribution in [0.5, 0.6) is 0 Å². The molecule has 0 rings (SSSR count). The molecule has 0 aliphatic rings. The van der Waals surface area contributed by atoms with E-state index in [2.05, 4.69) is 64.8 Å². The third kappa shape index (κ3) is 6.75. The van der Waals surface area contributed by atoms with Crippen LogP contribution in [-0.2, 0) is 0 Å². The SMILES string of the molecule is C=C\C=C/C(=C\C)C(/C=C)=C/C(=C)/C(C)=C/C=C(C)C. The van der Waals surface area contributed by atoms with Gasteiger partial charge in [0.1, 0.15) is 0 Å². The van der Waals surface area contributed by atoms with Crippen molar-refractivity contribution in [2.45, 2.75) is 27.7 Å². The van der Waals surface area contributed by atoms with Gasteiger partial charge in [0, 0.05) is 0 Å². The summed E-state index contributed by atoms with van der Waals surface area (Å²) in [6.45, 7) is 19.9. The second-order valence-electron chi connectivity index (χ2n) is 4.76. The summed E-state index contributed by atoms with van der Waals surface area (Å²) in [5.41, 5.74) is 5.57. The second-order valence-corrected chi connectivity index (χ2v) is 4.76. The predicted molar refractivity (Wildman–Crippen MR) is 93.7 cm³/mol. The second kappa shape index (κ2) is 9.80. The maximum absolute atomic E-state index is 4.12. The number of rotatable bonds is 7. The summed E-state index contributed by atoms with van der Waals surface area (Å²) in [4.78, 5) is 0.